The van der Waals surface area contributed by atoms with Crippen molar-refractivity contribution in [3.63, 3.8) is 0 Å². The first-order chi connectivity index (χ1) is 6.72. The molecule has 0 aromatic carbocycles. The molecule has 1 N–H and O–H groups in total. The molecule has 2 nitrogen and oxygen atoms in total. The van der Waals surface area contributed by atoms with Crippen LogP contribution in [0.2, 0.25) is 0 Å². The Morgan fingerprint density at radius 1 is 1.36 bits per heavy atom. The lowest BCUT2D eigenvalue weighted by molar-refractivity contribution is 0.777. The van der Waals surface area contributed by atoms with Gasteiger partial charge >= 0.3 is 0 Å². The van der Waals surface area contributed by atoms with Gasteiger partial charge in [-0.05, 0) is 51.6 Å². The highest BCUT2D eigenvalue weighted by Gasteiger charge is 1.97. The molecule has 0 radical (unpaired) electrons. The van der Waals surface area contributed by atoms with Crippen molar-refractivity contribution in [1.82, 2.24) is 10.3 Å². The molecule has 0 atom stereocenters. The Morgan fingerprint density at radius 3 is 2.79 bits per heavy atom. The fourth-order valence-electron chi connectivity index (χ4n) is 1.30. The second-order valence-corrected chi connectivity index (χ2v) is 4.54. The number of pyridine rings is 1. The van der Waals surface area contributed by atoms with E-state index in [9.17, 15) is 0 Å². The molecule has 1 heterocycles. The van der Waals surface area contributed by atoms with Gasteiger partial charge in [-0.25, -0.2) is 4.98 Å². The van der Waals surface area contributed by atoms with Crippen molar-refractivity contribution in [3.05, 3.63) is 23.4 Å². The lowest BCUT2D eigenvalue weighted by atomic mass is 10.3. The van der Waals surface area contributed by atoms with E-state index in [0.29, 0.717) is 0 Å². The average molecular weight is 210 g/mol. The lowest BCUT2D eigenvalue weighted by Crippen LogP contribution is -2.08. The third-order valence-corrected chi connectivity index (χ3v) is 2.89. The molecule has 0 saturated heterocycles. The first-order valence-corrected chi connectivity index (χ1v) is 5.93. The van der Waals surface area contributed by atoms with Crippen LogP contribution in [-0.2, 0) is 0 Å². The standard InChI is InChI=1S/C11H18N2S/c1-9-7-10(2)13-11(8-9)14-6-4-5-12-3/h7-8,12H,4-6H2,1-3H3. The van der Waals surface area contributed by atoms with Crippen LogP contribution < -0.4 is 5.32 Å². The number of aromatic nitrogens is 1. The maximum Gasteiger partial charge on any atom is 0.0965 e. The van der Waals surface area contributed by atoms with Crippen LogP contribution in [0, 0.1) is 13.8 Å². The molecule has 0 amide bonds. The molecule has 0 unspecified atom stereocenters. The Kier molecular flexibility index (Phi) is 4.98. The van der Waals surface area contributed by atoms with Crippen molar-refractivity contribution < 1.29 is 0 Å². The van der Waals surface area contributed by atoms with E-state index >= 15 is 0 Å². The van der Waals surface area contributed by atoms with Gasteiger partial charge in [-0.3, -0.25) is 0 Å². The summed E-state index contributed by atoms with van der Waals surface area (Å²) in [5, 5.41) is 4.29. The number of nitrogens with zero attached hydrogens (tertiary/aromatic N) is 1. The number of hydrogen-bond acceptors (Lipinski definition) is 3. The molecule has 0 aliphatic rings. The quantitative estimate of drug-likeness (QED) is 0.597. The van der Waals surface area contributed by atoms with Crippen LogP contribution in [0.3, 0.4) is 0 Å². The van der Waals surface area contributed by atoms with Crippen LogP contribution in [0.4, 0.5) is 0 Å². The van der Waals surface area contributed by atoms with E-state index < -0.39 is 0 Å². The summed E-state index contributed by atoms with van der Waals surface area (Å²) in [4.78, 5) is 4.47. The molecule has 78 valence electrons. The Morgan fingerprint density at radius 2 is 2.14 bits per heavy atom. The zero-order valence-electron chi connectivity index (χ0n) is 9.13. The van der Waals surface area contributed by atoms with Crippen LogP contribution in [0.25, 0.3) is 0 Å². The van der Waals surface area contributed by atoms with E-state index in [2.05, 4.69) is 29.4 Å². The Hall–Kier alpha value is -0.540. The maximum atomic E-state index is 4.47. The molecule has 0 spiro atoms. The van der Waals surface area contributed by atoms with Gasteiger partial charge < -0.3 is 5.32 Å². The second kappa shape index (κ2) is 6.04. The minimum atomic E-state index is 1.08. The number of hydrogen-bond donors (Lipinski definition) is 1. The summed E-state index contributed by atoms with van der Waals surface area (Å²) in [5.74, 6) is 1.14. The zero-order valence-corrected chi connectivity index (χ0v) is 9.95. The van der Waals surface area contributed by atoms with Crippen molar-refractivity contribution in [1.29, 1.82) is 0 Å². The maximum absolute atomic E-state index is 4.47. The molecule has 3 heteroatoms. The molecular formula is C11H18N2S. The van der Waals surface area contributed by atoms with E-state index in [1.54, 1.807) is 0 Å². The van der Waals surface area contributed by atoms with E-state index in [1.165, 1.54) is 12.0 Å². The molecule has 0 aliphatic carbocycles. The molecule has 1 aromatic rings. The SMILES string of the molecule is CNCCCSc1cc(C)cc(C)n1. The number of nitrogens with one attached hydrogen (secondary N) is 1. The Labute approximate surface area is 90.5 Å². The highest BCUT2D eigenvalue weighted by Crippen LogP contribution is 2.17. The smallest absolute Gasteiger partial charge is 0.0965 e. The van der Waals surface area contributed by atoms with E-state index in [4.69, 9.17) is 0 Å². The van der Waals surface area contributed by atoms with E-state index in [0.717, 1.165) is 23.0 Å². The fraction of sp³-hybridized carbons (Fsp3) is 0.545. The van der Waals surface area contributed by atoms with Gasteiger partial charge in [-0.15, -0.1) is 11.8 Å². The minimum Gasteiger partial charge on any atom is -0.320 e. The predicted molar refractivity (Wildman–Crippen MR) is 63.0 cm³/mol. The summed E-state index contributed by atoms with van der Waals surface area (Å²) in [6, 6.07) is 4.26. The zero-order chi connectivity index (χ0) is 10.4. The monoisotopic (exact) mass is 210 g/mol. The van der Waals surface area contributed by atoms with Crippen LogP contribution in [0.5, 0.6) is 0 Å². The van der Waals surface area contributed by atoms with Gasteiger partial charge in [0.15, 0.2) is 0 Å². The first kappa shape index (κ1) is 11.5. The third-order valence-electron chi connectivity index (χ3n) is 1.90. The van der Waals surface area contributed by atoms with E-state index in [-0.39, 0.29) is 0 Å². The molecule has 0 bridgehead atoms. The van der Waals surface area contributed by atoms with Crippen molar-refractivity contribution in [2.45, 2.75) is 25.3 Å². The second-order valence-electron chi connectivity index (χ2n) is 3.43. The van der Waals surface area contributed by atoms with Gasteiger partial charge in [-0.2, -0.15) is 0 Å². The largest absolute Gasteiger partial charge is 0.320 e. The predicted octanol–water partition coefficient (Wildman–Crippen LogP) is 2.40. The summed E-state index contributed by atoms with van der Waals surface area (Å²) in [7, 11) is 1.99. The summed E-state index contributed by atoms with van der Waals surface area (Å²) < 4.78 is 0. The molecule has 14 heavy (non-hydrogen) atoms. The fourth-order valence-corrected chi connectivity index (χ4v) is 2.28. The Balaban J connectivity index is 2.42. The van der Waals surface area contributed by atoms with Gasteiger partial charge in [0.2, 0.25) is 0 Å². The van der Waals surface area contributed by atoms with Crippen LogP contribution in [0.15, 0.2) is 17.2 Å². The summed E-state index contributed by atoms with van der Waals surface area (Å²) >= 11 is 1.84. The highest BCUT2D eigenvalue weighted by atomic mass is 32.2. The number of rotatable bonds is 5. The van der Waals surface area contributed by atoms with Crippen LogP contribution in [-0.4, -0.2) is 24.3 Å². The molecule has 0 fully saturated rings. The van der Waals surface area contributed by atoms with Crippen molar-refractivity contribution >= 4 is 11.8 Å². The lowest BCUT2D eigenvalue weighted by Gasteiger charge is -2.03. The first-order valence-electron chi connectivity index (χ1n) is 4.95. The summed E-state index contributed by atoms with van der Waals surface area (Å²) in [5.41, 5.74) is 2.41. The normalized spacial score (nSPS) is 10.5. The van der Waals surface area contributed by atoms with Crippen LogP contribution >= 0.6 is 11.8 Å². The molecular weight excluding hydrogens is 192 g/mol. The summed E-state index contributed by atoms with van der Waals surface area (Å²) in [6.07, 6.45) is 1.19. The van der Waals surface area contributed by atoms with Crippen LogP contribution in [0.1, 0.15) is 17.7 Å². The average Bonchev–Trinajstić information content (AvgIpc) is 2.11. The Bertz CT molecular complexity index is 266. The van der Waals surface area contributed by atoms with Gasteiger partial charge in [0.1, 0.15) is 0 Å². The molecule has 0 aliphatic heterocycles. The van der Waals surface area contributed by atoms with Crippen molar-refractivity contribution in [3.8, 4) is 0 Å². The molecule has 1 aromatic heterocycles. The third kappa shape index (κ3) is 4.11. The highest BCUT2D eigenvalue weighted by molar-refractivity contribution is 7.99. The van der Waals surface area contributed by atoms with Gasteiger partial charge in [-0.1, -0.05) is 0 Å². The topological polar surface area (TPSA) is 24.9 Å². The number of aryl methyl sites for hydroxylation is 2. The van der Waals surface area contributed by atoms with E-state index in [1.807, 2.05) is 25.7 Å². The van der Waals surface area contributed by atoms with Gasteiger partial charge in [0, 0.05) is 11.4 Å². The summed E-state index contributed by atoms with van der Waals surface area (Å²) in [6.45, 7) is 5.24. The van der Waals surface area contributed by atoms with Crippen molar-refractivity contribution in [2.24, 2.45) is 0 Å². The number of thioether (sulfide) groups is 1. The minimum absolute atomic E-state index is 1.08. The van der Waals surface area contributed by atoms with Gasteiger partial charge in [0.05, 0.1) is 5.03 Å². The molecule has 1 rings (SSSR count). The molecule has 0 saturated carbocycles. The van der Waals surface area contributed by atoms with Gasteiger partial charge in [0.25, 0.3) is 0 Å². The van der Waals surface area contributed by atoms with Crippen molar-refractivity contribution in [2.75, 3.05) is 19.3 Å².